The minimum absolute atomic E-state index is 1.05. The van der Waals surface area contributed by atoms with Crippen molar-refractivity contribution in [1.29, 1.82) is 0 Å². The Labute approximate surface area is 153 Å². The summed E-state index contributed by atoms with van der Waals surface area (Å²) < 4.78 is 2.37. The maximum absolute atomic E-state index is 4.80. The highest BCUT2D eigenvalue weighted by Crippen LogP contribution is 2.40. The number of rotatable bonds is 0. The third-order valence-electron chi connectivity index (χ3n) is 5.77. The third-order valence-corrected chi connectivity index (χ3v) is 5.77. The summed E-state index contributed by atoms with van der Waals surface area (Å²) in [5.41, 5.74) is 5.65. The van der Waals surface area contributed by atoms with E-state index in [4.69, 9.17) is 9.97 Å². The van der Waals surface area contributed by atoms with Crippen LogP contribution in [0.5, 0.6) is 0 Å². The Morgan fingerprint density at radius 3 is 2.37 bits per heavy atom. The van der Waals surface area contributed by atoms with Crippen molar-refractivity contribution in [1.82, 2.24) is 14.4 Å². The maximum Gasteiger partial charge on any atom is 0.0963 e. The number of hydrogen-bond donors (Lipinski definition) is 0. The van der Waals surface area contributed by atoms with Crippen LogP contribution in [0.25, 0.3) is 59.9 Å². The first-order chi connectivity index (χ1) is 13.4. The molecule has 124 valence electrons. The van der Waals surface area contributed by atoms with Gasteiger partial charge >= 0.3 is 0 Å². The zero-order valence-corrected chi connectivity index (χ0v) is 14.3. The number of fused-ring (bicyclic) bond motifs is 7. The fourth-order valence-corrected chi connectivity index (χ4v) is 4.64. The predicted molar refractivity (Wildman–Crippen MR) is 112 cm³/mol. The fourth-order valence-electron chi connectivity index (χ4n) is 4.64. The largest absolute Gasteiger partial charge is 0.306 e. The van der Waals surface area contributed by atoms with E-state index in [1.54, 1.807) is 0 Å². The van der Waals surface area contributed by atoms with Gasteiger partial charge < -0.3 is 4.40 Å². The standard InChI is InChI=1S/C24H13N3/c1-2-5-16-13-20-18(12-15(16)4-1)23-21-14(9-11-26-23)7-8-17-22-19(6-3-10-25-22)27(20)24(17)21/h1-13H. The van der Waals surface area contributed by atoms with E-state index in [9.17, 15) is 0 Å². The minimum Gasteiger partial charge on any atom is -0.306 e. The Hall–Kier alpha value is -3.72. The van der Waals surface area contributed by atoms with Gasteiger partial charge in [-0.3, -0.25) is 9.97 Å². The van der Waals surface area contributed by atoms with Crippen LogP contribution in [-0.2, 0) is 0 Å². The molecule has 7 rings (SSSR count). The Kier molecular flexibility index (Phi) is 2.25. The van der Waals surface area contributed by atoms with Gasteiger partial charge in [-0.05, 0) is 52.6 Å². The summed E-state index contributed by atoms with van der Waals surface area (Å²) >= 11 is 0. The second-order valence-corrected chi connectivity index (χ2v) is 7.14. The molecule has 0 spiro atoms. The molecule has 0 fully saturated rings. The maximum atomic E-state index is 4.80. The molecule has 0 atom stereocenters. The molecule has 0 bridgehead atoms. The van der Waals surface area contributed by atoms with E-state index in [1.807, 2.05) is 18.5 Å². The van der Waals surface area contributed by atoms with Crippen LogP contribution in [0.1, 0.15) is 0 Å². The number of hydrogen-bond acceptors (Lipinski definition) is 2. The highest BCUT2D eigenvalue weighted by molar-refractivity contribution is 6.27. The van der Waals surface area contributed by atoms with Gasteiger partial charge in [-0.2, -0.15) is 0 Å². The summed E-state index contributed by atoms with van der Waals surface area (Å²) in [7, 11) is 0. The van der Waals surface area contributed by atoms with E-state index in [0.717, 1.165) is 16.6 Å². The highest BCUT2D eigenvalue weighted by atomic mass is 14.9. The lowest BCUT2D eigenvalue weighted by molar-refractivity contribution is 1.32. The van der Waals surface area contributed by atoms with Crippen LogP contribution in [0.3, 0.4) is 0 Å². The zero-order valence-electron chi connectivity index (χ0n) is 14.3. The Balaban J connectivity index is 1.96. The lowest BCUT2D eigenvalue weighted by Crippen LogP contribution is -1.94. The molecule has 3 aromatic carbocycles. The lowest BCUT2D eigenvalue weighted by atomic mass is 10.0. The van der Waals surface area contributed by atoms with Crippen molar-refractivity contribution in [2.45, 2.75) is 0 Å². The Bertz CT molecular complexity index is 1670. The normalized spacial score (nSPS) is 12.4. The van der Waals surface area contributed by atoms with Gasteiger partial charge in [-0.25, -0.2) is 0 Å². The van der Waals surface area contributed by atoms with E-state index < -0.39 is 0 Å². The molecule has 27 heavy (non-hydrogen) atoms. The molecule has 0 radical (unpaired) electrons. The van der Waals surface area contributed by atoms with Crippen LogP contribution in [0.4, 0.5) is 0 Å². The van der Waals surface area contributed by atoms with E-state index >= 15 is 0 Å². The smallest absolute Gasteiger partial charge is 0.0963 e. The van der Waals surface area contributed by atoms with Crippen molar-refractivity contribution >= 4 is 59.9 Å². The molecule has 0 aliphatic heterocycles. The van der Waals surface area contributed by atoms with Crippen LogP contribution >= 0.6 is 0 Å². The lowest BCUT2D eigenvalue weighted by Gasteiger charge is -2.13. The topological polar surface area (TPSA) is 30.2 Å². The summed E-state index contributed by atoms with van der Waals surface area (Å²) in [4.78, 5) is 9.51. The van der Waals surface area contributed by atoms with Crippen molar-refractivity contribution in [2.24, 2.45) is 0 Å². The molecule has 0 aliphatic rings. The van der Waals surface area contributed by atoms with Gasteiger partial charge in [0.25, 0.3) is 0 Å². The van der Waals surface area contributed by atoms with E-state index in [2.05, 4.69) is 65.1 Å². The summed E-state index contributed by atoms with van der Waals surface area (Å²) in [6, 6.07) is 23.7. The van der Waals surface area contributed by atoms with Crippen LogP contribution in [-0.4, -0.2) is 14.4 Å². The molecule has 0 saturated heterocycles. The first kappa shape index (κ1) is 13.5. The van der Waals surface area contributed by atoms with Crippen LogP contribution in [0, 0.1) is 0 Å². The van der Waals surface area contributed by atoms with Crippen molar-refractivity contribution in [2.75, 3.05) is 0 Å². The Morgan fingerprint density at radius 1 is 0.593 bits per heavy atom. The van der Waals surface area contributed by atoms with Crippen LogP contribution in [0.15, 0.2) is 79.1 Å². The molecule has 0 amide bonds. The summed E-state index contributed by atoms with van der Waals surface area (Å²) in [6.07, 6.45) is 3.79. The van der Waals surface area contributed by atoms with Crippen molar-refractivity contribution < 1.29 is 0 Å². The van der Waals surface area contributed by atoms with E-state index in [0.29, 0.717) is 0 Å². The van der Waals surface area contributed by atoms with E-state index in [1.165, 1.54) is 43.4 Å². The minimum atomic E-state index is 1.05. The highest BCUT2D eigenvalue weighted by Gasteiger charge is 2.19. The average Bonchev–Trinajstić information content (AvgIpc) is 3.07. The van der Waals surface area contributed by atoms with Gasteiger partial charge in [0.2, 0.25) is 0 Å². The third kappa shape index (κ3) is 1.53. The molecule has 4 aromatic heterocycles. The van der Waals surface area contributed by atoms with Crippen LogP contribution in [0.2, 0.25) is 0 Å². The number of nitrogens with zero attached hydrogens (tertiary/aromatic N) is 3. The van der Waals surface area contributed by atoms with Crippen molar-refractivity contribution in [3.63, 3.8) is 0 Å². The number of aromatic nitrogens is 3. The second kappa shape index (κ2) is 4.51. The average molecular weight is 343 g/mol. The molecular formula is C24H13N3. The molecule has 0 aliphatic carbocycles. The van der Waals surface area contributed by atoms with Gasteiger partial charge in [-0.15, -0.1) is 0 Å². The second-order valence-electron chi connectivity index (χ2n) is 7.14. The molecule has 3 heteroatoms. The van der Waals surface area contributed by atoms with Gasteiger partial charge in [0.15, 0.2) is 0 Å². The quantitative estimate of drug-likeness (QED) is 0.252. The molecule has 7 aromatic rings. The van der Waals surface area contributed by atoms with Crippen molar-refractivity contribution in [3.8, 4) is 0 Å². The zero-order chi connectivity index (χ0) is 17.5. The Morgan fingerprint density at radius 2 is 1.44 bits per heavy atom. The van der Waals surface area contributed by atoms with Crippen LogP contribution < -0.4 is 0 Å². The van der Waals surface area contributed by atoms with Gasteiger partial charge in [0, 0.05) is 28.6 Å². The molecule has 0 unspecified atom stereocenters. The van der Waals surface area contributed by atoms with Gasteiger partial charge in [-0.1, -0.05) is 30.3 Å². The first-order valence-electron chi connectivity index (χ1n) is 9.10. The summed E-state index contributed by atoms with van der Waals surface area (Å²) in [5.74, 6) is 0. The van der Waals surface area contributed by atoms with E-state index in [-0.39, 0.29) is 0 Å². The number of pyridine rings is 3. The molecule has 4 heterocycles. The predicted octanol–water partition coefficient (Wildman–Crippen LogP) is 5.93. The summed E-state index contributed by atoms with van der Waals surface area (Å²) in [5, 5.41) is 7.28. The SMILES string of the molecule is c1ccc2cc3c(cc2c1)c1nccc2ccc4c5ncccc5n3c4c21. The molecule has 0 N–H and O–H groups in total. The van der Waals surface area contributed by atoms with Crippen molar-refractivity contribution in [3.05, 3.63) is 79.1 Å². The van der Waals surface area contributed by atoms with Gasteiger partial charge in [0.05, 0.1) is 27.6 Å². The summed E-state index contributed by atoms with van der Waals surface area (Å²) in [6.45, 7) is 0. The van der Waals surface area contributed by atoms with Gasteiger partial charge in [0.1, 0.15) is 0 Å². The number of benzene rings is 3. The molecular weight excluding hydrogens is 330 g/mol. The molecule has 3 nitrogen and oxygen atoms in total. The monoisotopic (exact) mass is 343 g/mol. The molecule has 0 saturated carbocycles. The fraction of sp³-hybridized carbons (Fsp3) is 0. The first-order valence-corrected chi connectivity index (χ1v) is 9.10.